The summed E-state index contributed by atoms with van der Waals surface area (Å²) >= 11 is 1.41. The van der Waals surface area contributed by atoms with Crippen LogP contribution in [0.1, 0.15) is 47.3 Å². The van der Waals surface area contributed by atoms with Crippen LogP contribution in [-0.4, -0.2) is 32.9 Å². The first kappa shape index (κ1) is 17.9. The maximum Gasteiger partial charge on any atom is 0.192 e. The number of fused-ring (bicyclic) bond motifs is 1. The fraction of sp³-hybridized carbons (Fsp3) is 0.350. The molecule has 1 aliphatic heterocycles. The van der Waals surface area contributed by atoms with Crippen molar-refractivity contribution in [2.24, 2.45) is 0 Å². The SMILES string of the molecule is CC(C)c1nnc(SCC(=O)c2ccc3c(c2)CCO3)n1Cc1ccco1. The van der Waals surface area contributed by atoms with Crippen LogP contribution in [0.15, 0.2) is 46.2 Å². The monoisotopic (exact) mass is 383 g/mol. The van der Waals surface area contributed by atoms with E-state index in [0.717, 1.165) is 34.5 Å². The number of thioether (sulfide) groups is 1. The predicted octanol–water partition coefficient (Wildman–Crippen LogP) is 3.95. The lowest BCUT2D eigenvalue weighted by molar-refractivity contribution is 0.102. The molecule has 0 spiro atoms. The molecule has 7 heteroatoms. The predicted molar refractivity (Wildman–Crippen MR) is 103 cm³/mol. The third-order valence-electron chi connectivity index (χ3n) is 4.50. The van der Waals surface area contributed by atoms with Gasteiger partial charge in [-0.2, -0.15) is 0 Å². The molecule has 0 saturated heterocycles. The van der Waals surface area contributed by atoms with E-state index in [0.29, 0.717) is 24.5 Å². The van der Waals surface area contributed by atoms with Crippen LogP contribution in [0.3, 0.4) is 0 Å². The fourth-order valence-corrected chi connectivity index (χ4v) is 3.95. The maximum atomic E-state index is 12.6. The molecule has 4 rings (SSSR count). The average Bonchev–Trinajstić information content (AvgIpc) is 3.40. The number of ketones is 1. The molecule has 0 amide bonds. The highest BCUT2D eigenvalue weighted by Gasteiger charge is 2.19. The Balaban J connectivity index is 1.50. The van der Waals surface area contributed by atoms with Gasteiger partial charge in [0.25, 0.3) is 0 Å². The van der Waals surface area contributed by atoms with Gasteiger partial charge < -0.3 is 9.15 Å². The summed E-state index contributed by atoms with van der Waals surface area (Å²) < 4.78 is 13.0. The van der Waals surface area contributed by atoms with Crippen molar-refractivity contribution in [1.82, 2.24) is 14.8 Å². The smallest absolute Gasteiger partial charge is 0.192 e. The number of benzene rings is 1. The Morgan fingerprint density at radius 1 is 1.30 bits per heavy atom. The Morgan fingerprint density at radius 3 is 2.96 bits per heavy atom. The van der Waals surface area contributed by atoms with E-state index in [1.54, 1.807) is 6.26 Å². The summed E-state index contributed by atoms with van der Waals surface area (Å²) in [6, 6.07) is 9.45. The number of nitrogens with zero attached hydrogens (tertiary/aromatic N) is 3. The number of carbonyl (C=O) groups excluding carboxylic acids is 1. The van der Waals surface area contributed by atoms with Gasteiger partial charge in [0.2, 0.25) is 0 Å². The lowest BCUT2D eigenvalue weighted by Gasteiger charge is -2.10. The van der Waals surface area contributed by atoms with Crippen LogP contribution in [0.5, 0.6) is 5.75 Å². The van der Waals surface area contributed by atoms with E-state index >= 15 is 0 Å². The van der Waals surface area contributed by atoms with Crippen molar-refractivity contribution in [3.63, 3.8) is 0 Å². The molecular formula is C20H21N3O3S. The molecule has 0 N–H and O–H groups in total. The zero-order chi connectivity index (χ0) is 18.8. The van der Waals surface area contributed by atoms with Crippen molar-refractivity contribution >= 4 is 17.5 Å². The van der Waals surface area contributed by atoms with E-state index in [4.69, 9.17) is 9.15 Å². The van der Waals surface area contributed by atoms with Crippen LogP contribution in [0.2, 0.25) is 0 Å². The molecular weight excluding hydrogens is 362 g/mol. The standard InChI is InChI=1S/C20H21N3O3S/c1-13(2)19-21-22-20(23(19)11-16-4-3-8-25-16)27-12-17(24)14-5-6-18-15(10-14)7-9-26-18/h3-6,8,10,13H,7,9,11-12H2,1-2H3. The Labute approximate surface area is 161 Å². The number of ether oxygens (including phenoxy) is 1. The minimum atomic E-state index is 0.0772. The van der Waals surface area contributed by atoms with Crippen molar-refractivity contribution < 1.29 is 13.9 Å². The molecule has 0 unspecified atom stereocenters. The second-order valence-corrected chi connectivity index (χ2v) is 7.74. The number of hydrogen-bond donors (Lipinski definition) is 0. The summed E-state index contributed by atoms with van der Waals surface area (Å²) in [6.45, 7) is 5.40. The lowest BCUT2D eigenvalue weighted by Crippen LogP contribution is -2.09. The van der Waals surface area contributed by atoms with Crippen molar-refractivity contribution in [2.75, 3.05) is 12.4 Å². The van der Waals surface area contributed by atoms with Gasteiger partial charge in [0.1, 0.15) is 17.3 Å². The number of hydrogen-bond acceptors (Lipinski definition) is 6. The highest BCUT2D eigenvalue weighted by molar-refractivity contribution is 7.99. The molecule has 27 heavy (non-hydrogen) atoms. The number of rotatable bonds is 7. The first-order valence-corrected chi connectivity index (χ1v) is 9.97. The Kier molecular flexibility index (Phi) is 5.03. The summed E-state index contributed by atoms with van der Waals surface area (Å²) in [6.07, 6.45) is 2.52. The first-order valence-electron chi connectivity index (χ1n) is 8.99. The van der Waals surface area contributed by atoms with Gasteiger partial charge in [0.05, 0.1) is 25.2 Å². The summed E-state index contributed by atoms with van der Waals surface area (Å²) in [7, 11) is 0. The van der Waals surface area contributed by atoms with Crippen molar-refractivity contribution in [1.29, 1.82) is 0 Å². The van der Waals surface area contributed by atoms with E-state index in [-0.39, 0.29) is 11.7 Å². The molecule has 3 aromatic rings. The summed E-state index contributed by atoms with van der Waals surface area (Å²) in [5.41, 5.74) is 1.82. The zero-order valence-corrected chi connectivity index (χ0v) is 16.2. The average molecular weight is 383 g/mol. The van der Waals surface area contributed by atoms with Gasteiger partial charge in [-0.25, -0.2) is 0 Å². The van der Waals surface area contributed by atoms with Crippen LogP contribution in [0, 0.1) is 0 Å². The molecule has 0 aliphatic carbocycles. The van der Waals surface area contributed by atoms with E-state index in [1.807, 2.05) is 34.9 Å². The van der Waals surface area contributed by atoms with Gasteiger partial charge in [-0.1, -0.05) is 25.6 Å². The number of furan rings is 1. The van der Waals surface area contributed by atoms with Gasteiger partial charge in [-0.05, 0) is 35.9 Å². The van der Waals surface area contributed by atoms with Crippen molar-refractivity contribution in [3.8, 4) is 5.75 Å². The fourth-order valence-electron chi connectivity index (χ4n) is 3.11. The van der Waals surface area contributed by atoms with Crippen molar-refractivity contribution in [3.05, 3.63) is 59.3 Å². The largest absolute Gasteiger partial charge is 0.493 e. The highest BCUT2D eigenvalue weighted by Crippen LogP contribution is 2.28. The molecule has 0 atom stereocenters. The Morgan fingerprint density at radius 2 is 2.19 bits per heavy atom. The topological polar surface area (TPSA) is 70.2 Å². The molecule has 0 saturated carbocycles. The Hall–Kier alpha value is -2.54. The van der Waals surface area contributed by atoms with Gasteiger partial charge in [0.15, 0.2) is 10.9 Å². The minimum absolute atomic E-state index is 0.0772. The van der Waals surface area contributed by atoms with Crippen LogP contribution in [-0.2, 0) is 13.0 Å². The zero-order valence-electron chi connectivity index (χ0n) is 15.3. The Bertz CT molecular complexity index is 948. The molecule has 0 radical (unpaired) electrons. The van der Waals surface area contributed by atoms with Crippen LogP contribution >= 0.6 is 11.8 Å². The van der Waals surface area contributed by atoms with E-state index in [9.17, 15) is 4.79 Å². The van der Waals surface area contributed by atoms with Gasteiger partial charge in [-0.15, -0.1) is 10.2 Å². The van der Waals surface area contributed by atoms with Crippen LogP contribution in [0.4, 0.5) is 0 Å². The molecule has 3 heterocycles. The summed E-state index contributed by atoms with van der Waals surface area (Å²) in [5.74, 6) is 3.23. The molecule has 0 bridgehead atoms. The number of aromatic nitrogens is 3. The third kappa shape index (κ3) is 3.78. The minimum Gasteiger partial charge on any atom is -0.493 e. The third-order valence-corrected chi connectivity index (χ3v) is 5.47. The van der Waals surface area contributed by atoms with E-state index in [1.165, 1.54) is 11.8 Å². The molecule has 1 aromatic carbocycles. The van der Waals surface area contributed by atoms with Crippen LogP contribution in [0.25, 0.3) is 0 Å². The second kappa shape index (κ2) is 7.60. The second-order valence-electron chi connectivity index (χ2n) is 6.79. The highest BCUT2D eigenvalue weighted by atomic mass is 32.2. The first-order chi connectivity index (χ1) is 13.1. The lowest BCUT2D eigenvalue weighted by atomic mass is 10.1. The normalized spacial score (nSPS) is 13.0. The van der Waals surface area contributed by atoms with Gasteiger partial charge >= 0.3 is 0 Å². The summed E-state index contributed by atoms with van der Waals surface area (Å²) in [4.78, 5) is 12.6. The van der Waals surface area contributed by atoms with Crippen molar-refractivity contribution in [2.45, 2.75) is 37.9 Å². The van der Waals surface area contributed by atoms with Gasteiger partial charge in [0, 0.05) is 17.9 Å². The number of carbonyl (C=O) groups is 1. The van der Waals surface area contributed by atoms with Crippen LogP contribution < -0.4 is 4.74 Å². The molecule has 1 aliphatic rings. The molecule has 0 fully saturated rings. The quantitative estimate of drug-likeness (QED) is 0.454. The molecule has 140 valence electrons. The number of Topliss-reactive ketones (excluding diaryl/α,β-unsaturated/α-hetero) is 1. The molecule has 6 nitrogen and oxygen atoms in total. The van der Waals surface area contributed by atoms with E-state index in [2.05, 4.69) is 24.0 Å². The molecule has 2 aromatic heterocycles. The van der Waals surface area contributed by atoms with E-state index < -0.39 is 0 Å². The summed E-state index contributed by atoms with van der Waals surface area (Å²) in [5, 5.41) is 9.35. The van der Waals surface area contributed by atoms with Gasteiger partial charge in [-0.3, -0.25) is 9.36 Å². The maximum absolute atomic E-state index is 12.6.